The molecule has 0 aliphatic carbocycles. The second-order valence-corrected chi connectivity index (χ2v) is 2.54. The van der Waals surface area contributed by atoms with Crippen molar-refractivity contribution in [3.63, 3.8) is 0 Å². The van der Waals surface area contributed by atoms with E-state index in [-0.39, 0.29) is 5.69 Å². The van der Waals surface area contributed by atoms with Gasteiger partial charge < -0.3 is 9.47 Å². The second-order valence-electron chi connectivity index (χ2n) is 2.54. The SMILES string of the molecule is O=C1OCCO1.O=[N+]([O-])c1ccccc1. The summed E-state index contributed by atoms with van der Waals surface area (Å²) in [4.78, 5) is 19.4. The Labute approximate surface area is 85.6 Å². The summed E-state index contributed by atoms with van der Waals surface area (Å²) in [6.07, 6.45) is -0.546. The first kappa shape index (κ1) is 11.0. The molecule has 2 rings (SSSR count). The molecule has 1 aromatic carbocycles. The van der Waals surface area contributed by atoms with Crippen LogP contribution in [0.5, 0.6) is 0 Å². The zero-order valence-electron chi connectivity index (χ0n) is 7.79. The molecule has 0 unspecified atom stereocenters. The van der Waals surface area contributed by atoms with Crippen LogP contribution >= 0.6 is 0 Å². The number of non-ortho nitro benzene ring substituents is 1. The van der Waals surface area contributed by atoms with Gasteiger partial charge in [0.25, 0.3) is 5.69 Å². The highest BCUT2D eigenvalue weighted by Gasteiger charge is 2.09. The van der Waals surface area contributed by atoms with E-state index in [0.717, 1.165) is 0 Å². The van der Waals surface area contributed by atoms with E-state index in [1.54, 1.807) is 18.2 Å². The second kappa shape index (κ2) is 5.58. The molecule has 0 radical (unpaired) electrons. The first-order chi connectivity index (χ1) is 7.20. The molecule has 0 spiro atoms. The molecule has 0 saturated carbocycles. The monoisotopic (exact) mass is 211 g/mol. The first-order valence-electron chi connectivity index (χ1n) is 4.19. The van der Waals surface area contributed by atoms with Crippen LogP contribution < -0.4 is 0 Å². The Bertz CT molecular complexity index is 330. The maximum absolute atomic E-state index is 10.0. The van der Waals surface area contributed by atoms with Crippen LogP contribution in [0.1, 0.15) is 0 Å². The van der Waals surface area contributed by atoms with Crippen LogP contribution in [0, 0.1) is 10.1 Å². The Hall–Kier alpha value is -2.11. The molecule has 0 atom stereocenters. The van der Waals surface area contributed by atoms with E-state index in [2.05, 4.69) is 9.47 Å². The Balaban J connectivity index is 0.000000162. The molecular weight excluding hydrogens is 202 g/mol. The maximum atomic E-state index is 10.0. The van der Waals surface area contributed by atoms with E-state index in [0.29, 0.717) is 13.2 Å². The van der Waals surface area contributed by atoms with Gasteiger partial charge in [-0.2, -0.15) is 0 Å². The number of para-hydroxylation sites is 1. The highest BCUT2D eigenvalue weighted by atomic mass is 16.8. The van der Waals surface area contributed by atoms with Gasteiger partial charge in [0.2, 0.25) is 0 Å². The van der Waals surface area contributed by atoms with Crippen LogP contribution in [0.25, 0.3) is 0 Å². The number of hydrogen-bond acceptors (Lipinski definition) is 5. The predicted molar refractivity (Wildman–Crippen MR) is 50.4 cm³/mol. The average Bonchev–Trinajstić information content (AvgIpc) is 2.71. The molecule has 0 amide bonds. The van der Waals surface area contributed by atoms with Gasteiger partial charge in [-0.25, -0.2) is 4.79 Å². The maximum Gasteiger partial charge on any atom is 0.508 e. The number of ether oxygens (including phenoxy) is 2. The minimum absolute atomic E-state index is 0.137. The van der Waals surface area contributed by atoms with Crippen LogP contribution in [0.2, 0.25) is 0 Å². The van der Waals surface area contributed by atoms with Gasteiger partial charge in [-0.3, -0.25) is 10.1 Å². The van der Waals surface area contributed by atoms with Crippen molar-refractivity contribution in [2.24, 2.45) is 0 Å². The molecule has 1 saturated heterocycles. The topological polar surface area (TPSA) is 78.7 Å². The van der Waals surface area contributed by atoms with E-state index in [9.17, 15) is 14.9 Å². The molecule has 1 heterocycles. The number of rotatable bonds is 1. The van der Waals surface area contributed by atoms with Gasteiger partial charge in [-0.05, 0) is 0 Å². The fourth-order valence-corrected chi connectivity index (χ4v) is 0.841. The van der Waals surface area contributed by atoms with Crippen LogP contribution in [0.4, 0.5) is 10.5 Å². The summed E-state index contributed by atoms with van der Waals surface area (Å²) in [5.41, 5.74) is 0.137. The molecule has 1 aromatic rings. The van der Waals surface area contributed by atoms with Gasteiger partial charge in [0.15, 0.2) is 0 Å². The van der Waals surface area contributed by atoms with Gasteiger partial charge in [0.05, 0.1) is 4.92 Å². The number of benzene rings is 1. The van der Waals surface area contributed by atoms with E-state index in [1.165, 1.54) is 12.1 Å². The molecule has 80 valence electrons. The normalized spacial score (nSPS) is 13.2. The zero-order chi connectivity index (χ0) is 11.1. The minimum Gasteiger partial charge on any atom is -0.431 e. The summed E-state index contributed by atoms with van der Waals surface area (Å²) in [6, 6.07) is 7.93. The minimum atomic E-state index is -0.546. The number of nitro groups is 1. The van der Waals surface area contributed by atoms with Gasteiger partial charge >= 0.3 is 6.16 Å². The molecule has 0 bridgehead atoms. The van der Waals surface area contributed by atoms with Crippen molar-refractivity contribution in [3.8, 4) is 0 Å². The Morgan fingerprint density at radius 2 is 1.67 bits per heavy atom. The molecule has 1 aliphatic rings. The van der Waals surface area contributed by atoms with Crippen LogP contribution in [-0.2, 0) is 9.47 Å². The molecule has 1 fully saturated rings. The number of nitro benzene ring substituents is 1. The number of nitrogens with zero attached hydrogens (tertiary/aromatic N) is 1. The summed E-state index contributed by atoms with van der Waals surface area (Å²) >= 11 is 0. The molecule has 0 aromatic heterocycles. The lowest BCUT2D eigenvalue weighted by atomic mass is 10.3. The van der Waals surface area contributed by atoms with Crippen LogP contribution in [-0.4, -0.2) is 24.3 Å². The fraction of sp³-hybridized carbons (Fsp3) is 0.222. The quantitative estimate of drug-likeness (QED) is 0.401. The molecule has 6 heteroatoms. The number of carbonyl (C=O) groups is 1. The van der Waals surface area contributed by atoms with Crippen molar-refractivity contribution < 1.29 is 19.2 Å². The third-order valence-corrected chi connectivity index (χ3v) is 1.49. The Morgan fingerprint density at radius 1 is 1.13 bits per heavy atom. The molecule has 0 N–H and O–H groups in total. The zero-order valence-corrected chi connectivity index (χ0v) is 7.79. The molecule has 15 heavy (non-hydrogen) atoms. The standard InChI is InChI=1S/C6H5NO2.C3H4O3/c8-7(9)6-4-2-1-3-5-6;4-3-5-1-2-6-3/h1-5H;1-2H2. The highest BCUT2D eigenvalue weighted by molar-refractivity contribution is 5.61. The van der Waals surface area contributed by atoms with Gasteiger partial charge in [0, 0.05) is 12.1 Å². The molecular formula is C9H9NO5. The molecule has 1 aliphatic heterocycles. The highest BCUT2D eigenvalue weighted by Crippen LogP contribution is 2.06. The number of cyclic esters (lactones) is 2. The van der Waals surface area contributed by atoms with Crippen molar-refractivity contribution >= 4 is 11.8 Å². The summed E-state index contributed by atoms with van der Waals surface area (Å²) in [5.74, 6) is 0. The van der Waals surface area contributed by atoms with Crippen molar-refractivity contribution in [2.75, 3.05) is 13.2 Å². The van der Waals surface area contributed by atoms with Crippen molar-refractivity contribution in [3.05, 3.63) is 40.4 Å². The third-order valence-electron chi connectivity index (χ3n) is 1.49. The van der Waals surface area contributed by atoms with E-state index in [1.807, 2.05) is 0 Å². The van der Waals surface area contributed by atoms with Gasteiger partial charge in [0.1, 0.15) is 13.2 Å². The largest absolute Gasteiger partial charge is 0.508 e. The number of hydrogen-bond donors (Lipinski definition) is 0. The summed E-state index contributed by atoms with van der Waals surface area (Å²) in [5, 5.41) is 10.0. The van der Waals surface area contributed by atoms with Gasteiger partial charge in [-0.15, -0.1) is 0 Å². The summed E-state index contributed by atoms with van der Waals surface area (Å²) in [6.45, 7) is 0.831. The van der Waals surface area contributed by atoms with E-state index in [4.69, 9.17) is 0 Å². The average molecular weight is 211 g/mol. The van der Waals surface area contributed by atoms with Crippen LogP contribution in [0.3, 0.4) is 0 Å². The van der Waals surface area contributed by atoms with E-state index < -0.39 is 11.1 Å². The Morgan fingerprint density at radius 3 is 1.93 bits per heavy atom. The lowest BCUT2D eigenvalue weighted by Crippen LogP contribution is -1.88. The van der Waals surface area contributed by atoms with Crippen molar-refractivity contribution in [1.82, 2.24) is 0 Å². The van der Waals surface area contributed by atoms with Crippen molar-refractivity contribution in [1.29, 1.82) is 0 Å². The number of carbonyl (C=O) groups excluding carboxylic acids is 1. The lowest BCUT2D eigenvalue weighted by molar-refractivity contribution is -0.384. The lowest BCUT2D eigenvalue weighted by Gasteiger charge is -1.85. The van der Waals surface area contributed by atoms with E-state index >= 15 is 0 Å². The first-order valence-corrected chi connectivity index (χ1v) is 4.19. The Kier molecular flexibility index (Phi) is 4.08. The third kappa shape index (κ3) is 4.08. The smallest absolute Gasteiger partial charge is 0.431 e. The van der Waals surface area contributed by atoms with Gasteiger partial charge in [-0.1, -0.05) is 18.2 Å². The summed E-state index contributed by atoms with van der Waals surface area (Å²) < 4.78 is 8.58. The predicted octanol–water partition coefficient (Wildman–Crippen LogP) is 1.75. The molecule has 6 nitrogen and oxygen atoms in total. The van der Waals surface area contributed by atoms with Crippen molar-refractivity contribution in [2.45, 2.75) is 0 Å². The fourth-order valence-electron chi connectivity index (χ4n) is 0.841. The summed E-state index contributed by atoms with van der Waals surface area (Å²) in [7, 11) is 0. The van der Waals surface area contributed by atoms with Crippen LogP contribution in [0.15, 0.2) is 30.3 Å².